The molecule has 1 aromatic rings. The smallest absolute Gasteiger partial charge is 0.129 e. The molecule has 0 aromatic heterocycles. The Kier molecular flexibility index (Phi) is 3.99. The van der Waals surface area contributed by atoms with E-state index in [1.807, 2.05) is 0 Å². The fourth-order valence-electron chi connectivity index (χ4n) is 1.30. The number of halogens is 2. The summed E-state index contributed by atoms with van der Waals surface area (Å²) in [5.74, 6) is -0.969. The van der Waals surface area contributed by atoms with Gasteiger partial charge in [-0.05, 0) is 24.2 Å². The van der Waals surface area contributed by atoms with Crippen molar-refractivity contribution in [2.45, 2.75) is 25.6 Å². The summed E-state index contributed by atoms with van der Waals surface area (Å²) >= 11 is 0. The fourth-order valence-corrected chi connectivity index (χ4v) is 2.45. The number of hydrogen-bond acceptors (Lipinski definition) is 1. The van der Waals surface area contributed by atoms with E-state index in [1.54, 1.807) is 0 Å². The summed E-state index contributed by atoms with van der Waals surface area (Å²) in [6.45, 7) is 4.35. The van der Waals surface area contributed by atoms with Crippen LogP contribution in [-0.2, 0) is 6.42 Å². The summed E-state index contributed by atoms with van der Waals surface area (Å²) in [4.78, 5) is 0. The van der Waals surface area contributed by atoms with E-state index in [2.05, 4.69) is 13.1 Å². The van der Waals surface area contributed by atoms with Gasteiger partial charge in [0.25, 0.3) is 0 Å². The van der Waals surface area contributed by atoms with E-state index in [0.29, 0.717) is 18.2 Å². The third-order valence-corrected chi connectivity index (χ3v) is 5.35. The zero-order chi connectivity index (χ0) is 11.5. The summed E-state index contributed by atoms with van der Waals surface area (Å²) in [7, 11) is -1.38. The van der Waals surface area contributed by atoms with Gasteiger partial charge in [-0.2, -0.15) is 0 Å². The second-order valence-corrected chi connectivity index (χ2v) is 9.84. The molecule has 1 nitrogen and oxygen atoms in total. The Morgan fingerprint density at radius 3 is 2.47 bits per heavy atom. The first-order valence-corrected chi connectivity index (χ1v) is 8.50. The molecule has 0 heterocycles. The lowest BCUT2D eigenvalue weighted by Crippen LogP contribution is -2.36. The minimum Gasteiger partial charge on any atom is -0.333 e. The average molecular weight is 229 g/mol. The van der Waals surface area contributed by atoms with Crippen LogP contribution in [0, 0.1) is 11.6 Å². The minimum absolute atomic E-state index is 0.447. The monoisotopic (exact) mass is 229 g/mol. The molecule has 84 valence electrons. The van der Waals surface area contributed by atoms with Crippen LogP contribution in [0.1, 0.15) is 5.56 Å². The Bertz CT molecular complexity index is 339. The molecular formula is C11H17F2NSi. The second-order valence-electron chi connectivity index (χ2n) is 4.60. The third kappa shape index (κ3) is 3.72. The van der Waals surface area contributed by atoms with Crippen molar-refractivity contribution in [1.29, 1.82) is 0 Å². The summed E-state index contributed by atoms with van der Waals surface area (Å²) in [5.41, 5.74) is 6.23. The lowest BCUT2D eigenvalue weighted by Gasteiger charge is -2.19. The van der Waals surface area contributed by atoms with Gasteiger partial charge in [-0.3, -0.25) is 0 Å². The molecule has 0 amide bonds. The quantitative estimate of drug-likeness (QED) is 0.789. The molecule has 0 aliphatic heterocycles. The Balaban J connectivity index is 2.66. The van der Waals surface area contributed by atoms with E-state index in [4.69, 9.17) is 5.73 Å². The molecule has 0 saturated carbocycles. The van der Waals surface area contributed by atoms with Crippen molar-refractivity contribution >= 4 is 8.07 Å². The molecule has 15 heavy (non-hydrogen) atoms. The number of rotatable bonds is 4. The first-order valence-electron chi connectivity index (χ1n) is 5.08. The highest BCUT2D eigenvalue weighted by Crippen LogP contribution is 2.16. The van der Waals surface area contributed by atoms with Crippen LogP contribution in [0.2, 0.25) is 19.1 Å². The van der Waals surface area contributed by atoms with E-state index in [-0.39, 0.29) is 0 Å². The normalized spacial score (nSPS) is 11.8. The average Bonchev–Trinajstić information content (AvgIpc) is 2.16. The highest BCUT2D eigenvalue weighted by Gasteiger charge is 2.18. The Hall–Kier alpha value is -0.743. The summed E-state index contributed by atoms with van der Waals surface area (Å²) in [6.07, 6.45) is 1.36. The van der Waals surface area contributed by atoms with Crippen LogP contribution >= 0.6 is 0 Å². The van der Waals surface area contributed by atoms with Gasteiger partial charge < -0.3 is 5.73 Å². The number of hydrogen-bond donors (Lipinski definition) is 1. The maximum atomic E-state index is 13.3. The van der Waals surface area contributed by atoms with Crippen LogP contribution in [0.25, 0.3) is 0 Å². The predicted octanol–water partition coefficient (Wildman–Crippen LogP) is 2.71. The van der Waals surface area contributed by atoms with E-state index in [0.717, 1.165) is 12.1 Å². The fraction of sp³-hybridized carbons (Fsp3) is 0.455. The van der Waals surface area contributed by atoms with Crippen LogP contribution < -0.4 is 5.73 Å². The van der Waals surface area contributed by atoms with Gasteiger partial charge in [0.15, 0.2) is 0 Å². The molecule has 0 aliphatic carbocycles. The Morgan fingerprint density at radius 1 is 1.27 bits per heavy atom. The maximum absolute atomic E-state index is 13.3. The molecule has 0 spiro atoms. The summed E-state index contributed by atoms with van der Waals surface area (Å²) in [6, 6.07) is 4.69. The highest BCUT2D eigenvalue weighted by atomic mass is 28.3. The van der Waals surface area contributed by atoms with E-state index < -0.39 is 19.7 Å². The lowest BCUT2D eigenvalue weighted by atomic mass is 10.1. The van der Waals surface area contributed by atoms with Gasteiger partial charge in [-0.25, -0.2) is 8.78 Å². The van der Waals surface area contributed by atoms with Crippen LogP contribution in [0.4, 0.5) is 8.78 Å². The number of aryl methyl sites for hydroxylation is 1. The van der Waals surface area contributed by atoms with Crippen molar-refractivity contribution in [3.63, 3.8) is 0 Å². The molecule has 0 bridgehead atoms. The second kappa shape index (κ2) is 4.85. The van der Waals surface area contributed by atoms with Gasteiger partial charge in [-0.1, -0.05) is 25.2 Å². The van der Waals surface area contributed by atoms with Crippen LogP contribution in [0.15, 0.2) is 18.2 Å². The van der Waals surface area contributed by atoms with E-state index in [9.17, 15) is 8.78 Å². The van der Waals surface area contributed by atoms with Gasteiger partial charge in [0.1, 0.15) is 11.6 Å². The first-order chi connectivity index (χ1) is 6.94. The molecule has 1 rings (SSSR count). The highest BCUT2D eigenvalue weighted by molar-refractivity contribution is 6.77. The zero-order valence-corrected chi connectivity index (χ0v) is 10.2. The maximum Gasteiger partial charge on any atom is 0.129 e. The predicted molar refractivity (Wildman–Crippen MR) is 61.4 cm³/mol. The molecule has 2 N–H and O–H groups in total. The Morgan fingerprint density at radius 2 is 1.93 bits per heavy atom. The van der Waals surface area contributed by atoms with Gasteiger partial charge in [0, 0.05) is 6.07 Å². The van der Waals surface area contributed by atoms with Crippen LogP contribution in [0.5, 0.6) is 0 Å². The number of nitrogens with two attached hydrogens (primary N) is 1. The van der Waals surface area contributed by atoms with Crippen LogP contribution in [-0.4, -0.2) is 14.2 Å². The van der Waals surface area contributed by atoms with Crippen molar-refractivity contribution in [1.82, 2.24) is 0 Å². The third-order valence-electron chi connectivity index (χ3n) is 2.64. The molecule has 4 heteroatoms. The molecule has 1 aromatic carbocycles. The van der Waals surface area contributed by atoms with Crippen molar-refractivity contribution in [3.05, 3.63) is 35.4 Å². The van der Waals surface area contributed by atoms with Gasteiger partial charge in [-0.15, -0.1) is 0 Å². The van der Waals surface area contributed by atoms with Gasteiger partial charge in [0.05, 0.1) is 8.07 Å². The minimum atomic E-state index is -1.38. The largest absolute Gasteiger partial charge is 0.333 e. The number of benzene rings is 1. The molecule has 0 unspecified atom stereocenters. The lowest BCUT2D eigenvalue weighted by molar-refractivity contribution is 0.573. The van der Waals surface area contributed by atoms with Crippen molar-refractivity contribution < 1.29 is 8.78 Å². The molecule has 0 saturated heterocycles. The molecule has 0 aliphatic rings. The standard InChI is InChI=1S/C11H17F2NSi/c1-15(2,8-14)6-5-9-3-4-10(12)7-11(9)13/h3-4,7H,5-6,8,14H2,1-2H3. The summed E-state index contributed by atoms with van der Waals surface area (Å²) < 4.78 is 25.9. The van der Waals surface area contributed by atoms with Crippen molar-refractivity contribution in [3.8, 4) is 0 Å². The SMILES string of the molecule is C[Si](C)(CN)CCc1ccc(F)cc1F. The molecule has 0 radical (unpaired) electrons. The van der Waals surface area contributed by atoms with Crippen molar-refractivity contribution in [2.75, 3.05) is 6.17 Å². The van der Waals surface area contributed by atoms with Crippen LogP contribution in [0.3, 0.4) is 0 Å². The first kappa shape index (κ1) is 12.3. The van der Waals surface area contributed by atoms with Gasteiger partial charge >= 0.3 is 0 Å². The van der Waals surface area contributed by atoms with E-state index in [1.165, 1.54) is 12.1 Å². The molecule has 0 atom stereocenters. The van der Waals surface area contributed by atoms with Crippen molar-refractivity contribution in [2.24, 2.45) is 5.73 Å². The van der Waals surface area contributed by atoms with E-state index >= 15 is 0 Å². The zero-order valence-electron chi connectivity index (χ0n) is 9.19. The van der Waals surface area contributed by atoms with Gasteiger partial charge in [0.2, 0.25) is 0 Å². The summed E-state index contributed by atoms with van der Waals surface area (Å²) in [5, 5.41) is 0. The molecular weight excluding hydrogens is 212 g/mol. The molecule has 0 fully saturated rings. The Labute approximate surface area is 90.3 Å². The topological polar surface area (TPSA) is 26.0 Å².